The van der Waals surface area contributed by atoms with Gasteiger partial charge in [-0.05, 0) is 18.1 Å². The zero-order valence-electron chi connectivity index (χ0n) is 10.1. The molecule has 0 saturated carbocycles. The molecule has 0 bridgehead atoms. The third-order valence-corrected chi connectivity index (χ3v) is 2.63. The molecule has 17 heavy (non-hydrogen) atoms. The van der Waals surface area contributed by atoms with Crippen molar-refractivity contribution in [3.63, 3.8) is 0 Å². The van der Waals surface area contributed by atoms with Crippen molar-refractivity contribution in [3.8, 4) is 12.3 Å². The smallest absolute Gasteiger partial charge is 0.224 e. The number of benzene rings is 1. The fraction of sp³-hybridized carbons (Fsp3) is 0.357. The zero-order valence-corrected chi connectivity index (χ0v) is 10.1. The Balaban J connectivity index is 2.56. The summed E-state index contributed by atoms with van der Waals surface area (Å²) in [7, 11) is 0. The average molecular weight is 230 g/mol. The minimum absolute atomic E-state index is 0.0370. The summed E-state index contributed by atoms with van der Waals surface area (Å²) >= 11 is 0. The Hall–Kier alpha value is -1.95. The van der Waals surface area contributed by atoms with Crippen LogP contribution in [0.5, 0.6) is 0 Å². The molecule has 0 radical (unpaired) electrons. The van der Waals surface area contributed by atoms with Crippen LogP contribution in [-0.2, 0) is 11.2 Å². The molecule has 0 fully saturated rings. The second kappa shape index (κ2) is 6.59. The Kier molecular flexibility index (Phi) is 5.09. The number of carbonyl (C=O) groups excluding carboxylic acids is 1. The fourth-order valence-corrected chi connectivity index (χ4v) is 1.59. The molecule has 0 heterocycles. The van der Waals surface area contributed by atoms with Crippen molar-refractivity contribution < 1.29 is 4.79 Å². The molecule has 1 unspecified atom stereocenters. The standard InChI is InChI=1S/C14H18N2O/c1-3-7-12(4-2)16-14(17)10-11-8-5-6-9-13(11)15/h1,5-6,8-9,12H,4,7,10,15H2,2H3,(H,16,17). The fourth-order valence-electron chi connectivity index (χ4n) is 1.59. The topological polar surface area (TPSA) is 55.1 Å². The SMILES string of the molecule is C#CCC(CC)NC(=O)Cc1ccccc1N. The van der Waals surface area contributed by atoms with Gasteiger partial charge in [-0.3, -0.25) is 4.79 Å². The number of rotatable bonds is 5. The molecule has 1 amide bonds. The maximum Gasteiger partial charge on any atom is 0.224 e. The quantitative estimate of drug-likeness (QED) is 0.598. The minimum atomic E-state index is -0.0370. The molecule has 90 valence electrons. The van der Waals surface area contributed by atoms with Crippen molar-refractivity contribution >= 4 is 11.6 Å². The number of nitrogens with two attached hydrogens (primary N) is 1. The number of para-hydroxylation sites is 1. The predicted molar refractivity (Wildman–Crippen MR) is 70.2 cm³/mol. The lowest BCUT2D eigenvalue weighted by Gasteiger charge is -2.14. The first kappa shape index (κ1) is 13.1. The van der Waals surface area contributed by atoms with Crippen LogP contribution in [0.1, 0.15) is 25.3 Å². The third-order valence-electron chi connectivity index (χ3n) is 2.63. The summed E-state index contributed by atoms with van der Waals surface area (Å²) in [6, 6.07) is 7.43. The highest BCUT2D eigenvalue weighted by Gasteiger charge is 2.10. The highest BCUT2D eigenvalue weighted by Crippen LogP contribution is 2.11. The molecular formula is C14H18N2O. The van der Waals surface area contributed by atoms with E-state index in [1.807, 2.05) is 25.1 Å². The van der Waals surface area contributed by atoms with Gasteiger partial charge < -0.3 is 11.1 Å². The van der Waals surface area contributed by atoms with E-state index in [4.69, 9.17) is 12.2 Å². The molecule has 1 atom stereocenters. The average Bonchev–Trinajstić information content (AvgIpc) is 2.31. The highest BCUT2D eigenvalue weighted by atomic mass is 16.1. The van der Waals surface area contributed by atoms with Crippen molar-refractivity contribution in [1.29, 1.82) is 0 Å². The van der Waals surface area contributed by atoms with Crippen molar-refractivity contribution in [2.75, 3.05) is 5.73 Å². The number of nitrogen functional groups attached to an aromatic ring is 1. The zero-order chi connectivity index (χ0) is 12.7. The van der Waals surface area contributed by atoms with Crippen LogP contribution < -0.4 is 11.1 Å². The molecule has 0 aromatic heterocycles. The first-order valence-electron chi connectivity index (χ1n) is 5.73. The normalized spacial score (nSPS) is 11.5. The van der Waals surface area contributed by atoms with Gasteiger partial charge in [0.2, 0.25) is 5.91 Å². The van der Waals surface area contributed by atoms with Gasteiger partial charge in [-0.25, -0.2) is 0 Å². The molecule has 0 spiro atoms. The van der Waals surface area contributed by atoms with Crippen LogP contribution in [0.3, 0.4) is 0 Å². The van der Waals surface area contributed by atoms with E-state index in [-0.39, 0.29) is 11.9 Å². The molecule has 0 aliphatic rings. The summed E-state index contributed by atoms with van der Waals surface area (Å²) in [6.07, 6.45) is 6.93. The highest BCUT2D eigenvalue weighted by molar-refractivity contribution is 5.80. The Morgan fingerprint density at radius 2 is 2.24 bits per heavy atom. The van der Waals surface area contributed by atoms with Crippen LogP contribution in [0.2, 0.25) is 0 Å². The van der Waals surface area contributed by atoms with Gasteiger partial charge in [0.25, 0.3) is 0 Å². The number of nitrogens with one attached hydrogen (secondary N) is 1. The maximum absolute atomic E-state index is 11.8. The summed E-state index contributed by atoms with van der Waals surface area (Å²) in [6.45, 7) is 2.00. The predicted octanol–water partition coefficient (Wildman–Crippen LogP) is 1.73. The van der Waals surface area contributed by atoms with E-state index < -0.39 is 0 Å². The van der Waals surface area contributed by atoms with Crippen molar-refractivity contribution in [1.82, 2.24) is 5.32 Å². The molecule has 1 aromatic rings. The first-order valence-corrected chi connectivity index (χ1v) is 5.73. The van der Waals surface area contributed by atoms with Crippen LogP contribution in [0.15, 0.2) is 24.3 Å². The van der Waals surface area contributed by atoms with Crippen LogP contribution in [0.4, 0.5) is 5.69 Å². The Morgan fingerprint density at radius 3 is 2.82 bits per heavy atom. The second-order valence-electron chi connectivity index (χ2n) is 3.96. The van der Waals surface area contributed by atoms with E-state index in [0.717, 1.165) is 12.0 Å². The van der Waals surface area contributed by atoms with E-state index in [9.17, 15) is 4.79 Å². The molecular weight excluding hydrogens is 212 g/mol. The van der Waals surface area contributed by atoms with E-state index >= 15 is 0 Å². The van der Waals surface area contributed by atoms with Crippen LogP contribution in [-0.4, -0.2) is 11.9 Å². The van der Waals surface area contributed by atoms with Gasteiger partial charge in [0, 0.05) is 18.2 Å². The Morgan fingerprint density at radius 1 is 1.53 bits per heavy atom. The van der Waals surface area contributed by atoms with Crippen LogP contribution in [0.25, 0.3) is 0 Å². The first-order chi connectivity index (χ1) is 8.17. The lowest BCUT2D eigenvalue weighted by atomic mass is 10.1. The molecule has 1 aromatic carbocycles. The van der Waals surface area contributed by atoms with Crippen LogP contribution >= 0.6 is 0 Å². The maximum atomic E-state index is 11.8. The van der Waals surface area contributed by atoms with Crippen molar-refractivity contribution in [2.24, 2.45) is 0 Å². The summed E-state index contributed by atoms with van der Waals surface area (Å²) in [5.74, 6) is 2.52. The Labute approximate surface area is 102 Å². The summed E-state index contributed by atoms with van der Waals surface area (Å²) in [4.78, 5) is 11.8. The number of hydrogen-bond donors (Lipinski definition) is 2. The second-order valence-corrected chi connectivity index (χ2v) is 3.96. The monoisotopic (exact) mass is 230 g/mol. The van der Waals surface area contributed by atoms with Gasteiger partial charge in [-0.15, -0.1) is 12.3 Å². The van der Waals surface area contributed by atoms with Gasteiger partial charge in [0.05, 0.1) is 6.42 Å². The third kappa shape index (κ3) is 4.20. The molecule has 3 heteroatoms. The van der Waals surface area contributed by atoms with E-state index in [2.05, 4.69) is 11.2 Å². The van der Waals surface area contributed by atoms with E-state index in [1.165, 1.54) is 0 Å². The number of amides is 1. The molecule has 0 aliphatic heterocycles. The minimum Gasteiger partial charge on any atom is -0.398 e. The van der Waals surface area contributed by atoms with Crippen LogP contribution in [0, 0.1) is 12.3 Å². The lowest BCUT2D eigenvalue weighted by Crippen LogP contribution is -2.35. The van der Waals surface area contributed by atoms with E-state index in [0.29, 0.717) is 18.5 Å². The lowest BCUT2D eigenvalue weighted by molar-refractivity contribution is -0.121. The van der Waals surface area contributed by atoms with Crippen molar-refractivity contribution in [2.45, 2.75) is 32.2 Å². The number of hydrogen-bond acceptors (Lipinski definition) is 2. The largest absolute Gasteiger partial charge is 0.398 e. The number of terminal acetylenes is 1. The molecule has 0 saturated heterocycles. The van der Waals surface area contributed by atoms with Crippen molar-refractivity contribution in [3.05, 3.63) is 29.8 Å². The van der Waals surface area contributed by atoms with Gasteiger partial charge in [-0.2, -0.15) is 0 Å². The van der Waals surface area contributed by atoms with Gasteiger partial charge in [0.15, 0.2) is 0 Å². The summed E-state index contributed by atoms with van der Waals surface area (Å²) < 4.78 is 0. The molecule has 3 nitrogen and oxygen atoms in total. The summed E-state index contributed by atoms with van der Waals surface area (Å²) in [5.41, 5.74) is 7.27. The molecule has 0 aliphatic carbocycles. The molecule has 3 N–H and O–H groups in total. The number of carbonyl (C=O) groups is 1. The number of anilines is 1. The van der Waals surface area contributed by atoms with Gasteiger partial charge in [-0.1, -0.05) is 25.1 Å². The van der Waals surface area contributed by atoms with Gasteiger partial charge >= 0.3 is 0 Å². The Bertz CT molecular complexity index is 420. The molecule has 1 rings (SSSR count). The van der Waals surface area contributed by atoms with Gasteiger partial charge in [0.1, 0.15) is 0 Å². The van der Waals surface area contributed by atoms with E-state index in [1.54, 1.807) is 6.07 Å². The summed E-state index contributed by atoms with van der Waals surface area (Å²) in [5, 5.41) is 2.91.